The summed E-state index contributed by atoms with van der Waals surface area (Å²) in [7, 11) is 0. The van der Waals surface area contributed by atoms with E-state index in [1.54, 1.807) is 0 Å². The Labute approximate surface area is 98.7 Å². The zero-order valence-corrected chi connectivity index (χ0v) is 10.2. The van der Waals surface area contributed by atoms with Crippen molar-refractivity contribution in [3.8, 4) is 0 Å². The Bertz CT molecular complexity index is 382. The largest absolute Gasteiger partial charge is 0.387 e. The maximum absolute atomic E-state index is 10.4. The minimum absolute atomic E-state index is 0.0567. The highest BCUT2D eigenvalue weighted by Crippen LogP contribution is 2.63. The summed E-state index contributed by atoms with van der Waals surface area (Å²) >= 11 is 3.52. The lowest BCUT2D eigenvalue weighted by atomic mass is 9.55. The highest BCUT2D eigenvalue weighted by atomic mass is 79.9. The summed E-state index contributed by atoms with van der Waals surface area (Å²) in [5.74, 6) is 0. The molecule has 1 N–H and O–H groups in total. The Morgan fingerprint density at radius 2 is 1.93 bits per heavy atom. The van der Waals surface area contributed by atoms with E-state index in [0.717, 1.165) is 10.9 Å². The van der Waals surface area contributed by atoms with Crippen molar-refractivity contribution in [3.05, 3.63) is 34.9 Å². The molecule has 1 nitrogen and oxygen atoms in total. The van der Waals surface area contributed by atoms with Gasteiger partial charge in [-0.1, -0.05) is 59.2 Å². The Morgan fingerprint density at radius 1 is 1.20 bits per heavy atom. The molecule has 0 saturated heterocycles. The molecule has 0 heterocycles. The lowest BCUT2D eigenvalue weighted by Gasteiger charge is -2.49. The second kappa shape index (κ2) is 3.08. The number of aliphatic hydroxyl groups excluding tert-OH is 1. The Morgan fingerprint density at radius 3 is 2.73 bits per heavy atom. The van der Waals surface area contributed by atoms with Gasteiger partial charge in [0.15, 0.2) is 0 Å². The number of halogens is 1. The highest BCUT2D eigenvalue weighted by molar-refractivity contribution is 9.11. The van der Waals surface area contributed by atoms with Crippen LogP contribution in [0.5, 0.6) is 0 Å². The van der Waals surface area contributed by atoms with Gasteiger partial charge in [-0.3, -0.25) is 0 Å². The summed E-state index contributed by atoms with van der Waals surface area (Å²) in [5, 5.41) is 10.4. The fourth-order valence-corrected chi connectivity index (χ4v) is 4.36. The van der Waals surface area contributed by atoms with Gasteiger partial charge in [0, 0.05) is 15.3 Å². The fraction of sp³-hybridized carbons (Fsp3) is 0.538. The van der Waals surface area contributed by atoms with Gasteiger partial charge in [-0.05, 0) is 12.8 Å². The van der Waals surface area contributed by atoms with Gasteiger partial charge < -0.3 is 5.11 Å². The Balaban J connectivity index is 2.17. The van der Waals surface area contributed by atoms with Crippen LogP contribution >= 0.6 is 15.9 Å². The molecule has 3 aliphatic rings. The Kier molecular flexibility index (Phi) is 2.02. The first-order valence-electron chi connectivity index (χ1n) is 5.64. The number of allylic oxidation sites excluding steroid dienone is 4. The number of rotatable bonds is 0. The molecule has 1 saturated carbocycles. The summed E-state index contributed by atoms with van der Waals surface area (Å²) in [4.78, 5) is 0. The van der Waals surface area contributed by atoms with Crippen LogP contribution in [0.3, 0.4) is 0 Å². The van der Waals surface area contributed by atoms with Crippen LogP contribution in [0.4, 0.5) is 0 Å². The third-order valence-electron chi connectivity index (χ3n) is 4.34. The van der Waals surface area contributed by atoms with Crippen LogP contribution in [-0.4, -0.2) is 11.2 Å². The quantitative estimate of drug-likeness (QED) is 0.714. The molecule has 0 aliphatic heterocycles. The molecule has 0 spiro atoms. The van der Waals surface area contributed by atoms with Gasteiger partial charge in [0.05, 0.1) is 6.10 Å². The SMILES string of the molecule is O[C@H]1C(Br)=C[C@]23C=CC=C[C@]12CCCC3. The van der Waals surface area contributed by atoms with E-state index < -0.39 is 0 Å². The first-order valence-corrected chi connectivity index (χ1v) is 6.43. The summed E-state index contributed by atoms with van der Waals surface area (Å²) in [6.45, 7) is 0. The van der Waals surface area contributed by atoms with E-state index in [1.807, 2.05) is 0 Å². The highest BCUT2D eigenvalue weighted by Gasteiger charge is 2.57. The van der Waals surface area contributed by atoms with Gasteiger partial charge in [-0.2, -0.15) is 0 Å². The zero-order valence-electron chi connectivity index (χ0n) is 8.62. The van der Waals surface area contributed by atoms with Crippen LogP contribution in [-0.2, 0) is 0 Å². The van der Waals surface area contributed by atoms with E-state index in [9.17, 15) is 5.11 Å². The van der Waals surface area contributed by atoms with Crippen LogP contribution in [0.25, 0.3) is 0 Å². The van der Waals surface area contributed by atoms with Crippen molar-refractivity contribution in [1.29, 1.82) is 0 Å². The van der Waals surface area contributed by atoms with Crippen molar-refractivity contribution in [2.75, 3.05) is 0 Å². The van der Waals surface area contributed by atoms with Crippen LogP contribution in [0.2, 0.25) is 0 Å². The van der Waals surface area contributed by atoms with Gasteiger partial charge in [0.25, 0.3) is 0 Å². The normalized spacial score (nSPS) is 47.3. The predicted octanol–water partition coefficient (Wildman–Crippen LogP) is 3.31. The molecule has 3 aliphatic carbocycles. The Hall–Kier alpha value is -0.340. The molecule has 3 atom stereocenters. The lowest BCUT2D eigenvalue weighted by molar-refractivity contribution is 0.0170. The van der Waals surface area contributed by atoms with Gasteiger partial charge in [0.1, 0.15) is 0 Å². The molecule has 1 fully saturated rings. The van der Waals surface area contributed by atoms with E-state index in [1.165, 1.54) is 19.3 Å². The summed E-state index contributed by atoms with van der Waals surface area (Å²) in [5.41, 5.74) is 0.0249. The zero-order chi connectivity index (χ0) is 10.5. The predicted molar refractivity (Wildman–Crippen MR) is 64.6 cm³/mol. The minimum atomic E-state index is -0.348. The molecular formula is C13H15BrO. The van der Waals surface area contributed by atoms with E-state index in [0.29, 0.717) is 0 Å². The molecule has 0 radical (unpaired) electrons. The first kappa shape index (κ1) is 9.86. The smallest absolute Gasteiger partial charge is 0.0953 e. The summed E-state index contributed by atoms with van der Waals surface area (Å²) in [6.07, 6.45) is 15.4. The second-order valence-corrected chi connectivity index (χ2v) is 5.85. The maximum Gasteiger partial charge on any atom is 0.0953 e. The minimum Gasteiger partial charge on any atom is -0.387 e. The van der Waals surface area contributed by atoms with Crippen molar-refractivity contribution in [1.82, 2.24) is 0 Å². The van der Waals surface area contributed by atoms with Crippen LogP contribution in [0, 0.1) is 10.8 Å². The fourth-order valence-electron chi connectivity index (χ4n) is 3.54. The first-order chi connectivity index (χ1) is 7.20. The average molecular weight is 267 g/mol. The van der Waals surface area contributed by atoms with Crippen molar-refractivity contribution in [3.63, 3.8) is 0 Å². The monoisotopic (exact) mass is 266 g/mol. The van der Waals surface area contributed by atoms with E-state index in [2.05, 4.69) is 46.3 Å². The topological polar surface area (TPSA) is 20.2 Å². The standard InChI is InChI=1S/C13H15BrO/c14-10-9-12-5-1-3-7-13(12,11(10)15)8-4-2-6-12/h1,3,5,7,9,11,15H,2,4,6,8H2/t11-,12+,13-/m0/s1. The number of hydrogen-bond acceptors (Lipinski definition) is 1. The van der Waals surface area contributed by atoms with Gasteiger partial charge >= 0.3 is 0 Å². The van der Waals surface area contributed by atoms with Crippen molar-refractivity contribution in [2.45, 2.75) is 31.8 Å². The van der Waals surface area contributed by atoms with Crippen LogP contribution in [0.15, 0.2) is 34.9 Å². The number of hydrogen-bond donors (Lipinski definition) is 1. The molecule has 0 bridgehead atoms. The lowest BCUT2D eigenvalue weighted by Crippen LogP contribution is -2.45. The third kappa shape index (κ3) is 1.07. The second-order valence-electron chi connectivity index (χ2n) is 4.94. The molecule has 0 aromatic carbocycles. The molecule has 15 heavy (non-hydrogen) atoms. The molecule has 3 rings (SSSR count). The average Bonchev–Trinajstić information content (AvgIpc) is 2.49. The van der Waals surface area contributed by atoms with E-state index in [-0.39, 0.29) is 16.9 Å². The molecular weight excluding hydrogens is 252 g/mol. The maximum atomic E-state index is 10.4. The molecule has 80 valence electrons. The third-order valence-corrected chi connectivity index (χ3v) is 5.00. The van der Waals surface area contributed by atoms with E-state index in [4.69, 9.17) is 0 Å². The van der Waals surface area contributed by atoms with Crippen molar-refractivity contribution < 1.29 is 5.11 Å². The van der Waals surface area contributed by atoms with Crippen LogP contribution < -0.4 is 0 Å². The van der Waals surface area contributed by atoms with Gasteiger partial charge in [-0.25, -0.2) is 0 Å². The molecule has 0 amide bonds. The van der Waals surface area contributed by atoms with Crippen molar-refractivity contribution in [2.24, 2.45) is 10.8 Å². The molecule has 0 aromatic heterocycles. The van der Waals surface area contributed by atoms with Crippen molar-refractivity contribution >= 4 is 15.9 Å². The molecule has 2 heteroatoms. The van der Waals surface area contributed by atoms with Gasteiger partial charge in [-0.15, -0.1) is 0 Å². The van der Waals surface area contributed by atoms with Gasteiger partial charge in [0.2, 0.25) is 0 Å². The van der Waals surface area contributed by atoms with E-state index >= 15 is 0 Å². The molecule has 0 unspecified atom stereocenters. The summed E-state index contributed by atoms with van der Waals surface area (Å²) < 4.78 is 0.973. The van der Waals surface area contributed by atoms with Crippen LogP contribution in [0.1, 0.15) is 25.7 Å². The summed E-state index contributed by atoms with van der Waals surface area (Å²) in [6, 6.07) is 0. The molecule has 0 aromatic rings. The number of aliphatic hydroxyl groups is 1.